The first-order valence-electron chi connectivity index (χ1n) is 5.63. The summed E-state index contributed by atoms with van der Waals surface area (Å²) in [6.45, 7) is 2.98. The molecule has 0 aliphatic heterocycles. The normalized spacial score (nSPS) is 11.8. The van der Waals surface area contributed by atoms with Gasteiger partial charge >= 0.3 is 6.18 Å². The number of carbonyl (C=O) groups is 1. The van der Waals surface area contributed by atoms with Gasteiger partial charge in [-0.25, -0.2) is 4.39 Å². The van der Waals surface area contributed by atoms with Crippen molar-refractivity contribution in [2.75, 3.05) is 6.54 Å². The summed E-state index contributed by atoms with van der Waals surface area (Å²) >= 11 is 0. The van der Waals surface area contributed by atoms with Crippen LogP contribution in [0.3, 0.4) is 0 Å². The highest BCUT2D eigenvalue weighted by Crippen LogP contribution is 2.30. The Kier molecular flexibility index (Phi) is 4.38. The molecule has 0 saturated heterocycles. The molecule has 1 N–H and O–H groups in total. The lowest BCUT2D eigenvalue weighted by Crippen LogP contribution is -2.33. The molecule has 0 aliphatic rings. The van der Waals surface area contributed by atoms with Gasteiger partial charge in [0, 0.05) is 6.54 Å². The minimum atomic E-state index is -4.66. The monoisotopic (exact) mass is 288 g/mol. The Morgan fingerprint density at radius 1 is 1.35 bits per heavy atom. The Labute approximate surface area is 113 Å². The highest BCUT2D eigenvalue weighted by Gasteiger charge is 2.32. The van der Waals surface area contributed by atoms with Crippen molar-refractivity contribution in [2.24, 2.45) is 5.41 Å². The standard InChI is InChI=1S/C13H12F4N2O/c1-12(2,6-18)7-19-11(20)9-5-8(13(15,16)17)3-4-10(9)14/h3-5H,7H2,1-2H3,(H,19,20). The molecule has 0 bridgehead atoms. The zero-order valence-corrected chi connectivity index (χ0v) is 10.8. The van der Waals surface area contributed by atoms with Crippen LogP contribution in [0.15, 0.2) is 18.2 Å². The quantitative estimate of drug-likeness (QED) is 0.869. The molecule has 108 valence electrons. The Morgan fingerprint density at radius 3 is 2.45 bits per heavy atom. The minimum absolute atomic E-state index is 0.0992. The fourth-order valence-electron chi connectivity index (χ4n) is 1.31. The number of amides is 1. The average molecular weight is 288 g/mol. The van der Waals surface area contributed by atoms with Gasteiger partial charge in [0.1, 0.15) is 5.82 Å². The second kappa shape index (κ2) is 5.49. The summed E-state index contributed by atoms with van der Waals surface area (Å²) in [5.41, 5.74) is -2.70. The van der Waals surface area contributed by atoms with E-state index < -0.39 is 34.4 Å². The molecular weight excluding hydrogens is 276 g/mol. The van der Waals surface area contributed by atoms with Gasteiger partial charge < -0.3 is 5.32 Å². The molecule has 1 aromatic rings. The van der Waals surface area contributed by atoms with Crippen molar-refractivity contribution in [2.45, 2.75) is 20.0 Å². The van der Waals surface area contributed by atoms with Gasteiger partial charge in [-0.3, -0.25) is 4.79 Å². The molecule has 20 heavy (non-hydrogen) atoms. The molecule has 0 saturated carbocycles. The zero-order chi connectivity index (χ0) is 15.6. The summed E-state index contributed by atoms with van der Waals surface area (Å²) in [5.74, 6) is -2.04. The largest absolute Gasteiger partial charge is 0.416 e. The van der Waals surface area contributed by atoms with Crippen molar-refractivity contribution in [1.82, 2.24) is 5.32 Å². The molecule has 1 amide bonds. The summed E-state index contributed by atoms with van der Waals surface area (Å²) in [7, 11) is 0. The zero-order valence-electron chi connectivity index (χ0n) is 10.8. The summed E-state index contributed by atoms with van der Waals surface area (Å²) in [6.07, 6.45) is -4.66. The van der Waals surface area contributed by atoms with Crippen molar-refractivity contribution in [1.29, 1.82) is 5.26 Å². The van der Waals surface area contributed by atoms with Crippen LogP contribution in [0.4, 0.5) is 17.6 Å². The number of nitrogens with one attached hydrogen (secondary N) is 1. The van der Waals surface area contributed by atoms with Gasteiger partial charge in [0.05, 0.1) is 22.6 Å². The van der Waals surface area contributed by atoms with Crippen LogP contribution >= 0.6 is 0 Å². The van der Waals surface area contributed by atoms with Crippen LogP contribution in [0.5, 0.6) is 0 Å². The van der Waals surface area contributed by atoms with E-state index in [1.807, 2.05) is 6.07 Å². The van der Waals surface area contributed by atoms with Crippen LogP contribution in [0, 0.1) is 22.6 Å². The van der Waals surface area contributed by atoms with Crippen LogP contribution in [0.1, 0.15) is 29.8 Å². The van der Waals surface area contributed by atoms with Crippen LogP contribution < -0.4 is 5.32 Å². The van der Waals surface area contributed by atoms with Crippen LogP contribution in [0.25, 0.3) is 0 Å². The third kappa shape index (κ3) is 3.95. The molecule has 0 aliphatic carbocycles. The first kappa shape index (κ1) is 16.0. The molecule has 0 radical (unpaired) electrons. The predicted molar refractivity (Wildman–Crippen MR) is 63.1 cm³/mol. The summed E-state index contributed by atoms with van der Waals surface area (Å²) in [5, 5.41) is 11.0. The van der Waals surface area contributed by atoms with E-state index in [0.29, 0.717) is 18.2 Å². The molecule has 0 spiro atoms. The molecule has 1 aromatic carbocycles. The molecule has 3 nitrogen and oxygen atoms in total. The Morgan fingerprint density at radius 2 is 1.95 bits per heavy atom. The van der Waals surface area contributed by atoms with E-state index in [2.05, 4.69) is 5.32 Å². The summed E-state index contributed by atoms with van der Waals surface area (Å²) in [4.78, 5) is 11.7. The van der Waals surface area contributed by atoms with Gasteiger partial charge in [-0.15, -0.1) is 0 Å². The first-order valence-corrected chi connectivity index (χ1v) is 5.63. The van der Waals surface area contributed by atoms with Crippen LogP contribution in [-0.4, -0.2) is 12.5 Å². The third-order valence-corrected chi connectivity index (χ3v) is 2.53. The van der Waals surface area contributed by atoms with E-state index in [1.165, 1.54) is 13.8 Å². The smallest absolute Gasteiger partial charge is 0.350 e. The van der Waals surface area contributed by atoms with Gasteiger partial charge in [0.25, 0.3) is 5.91 Å². The number of hydrogen-bond donors (Lipinski definition) is 1. The van der Waals surface area contributed by atoms with Crippen LogP contribution in [-0.2, 0) is 6.18 Å². The fourth-order valence-corrected chi connectivity index (χ4v) is 1.31. The summed E-state index contributed by atoms with van der Waals surface area (Å²) in [6, 6.07) is 3.51. The molecule has 0 aromatic heterocycles. The lowest BCUT2D eigenvalue weighted by Gasteiger charge is -2.16. The second-order valence-corrected chi connectivity index (χ2v) is 4.87. The average Bonchev–Trinajstić information content (AvgIpc) is 2.35. The van der Waals surface area contributed by atoms with E-state index in [0.717, 1.165) is 0 Å². The predicted octanol–water partition coefficient (Wildman–Crippen LogP) is 3.12. The molecule has 1 rings (SSSR count). The fraction of sp³-hybridized carbons (Fsp3) is 0.385. The van der Waals surface area contributed by atoms with E-state index in [4.69, 9.17) is 5.26 Å². The van der Waals surface area contributed by atoms with E-state index in [-0.39, 0.29) is 6.54 Å². The molecule has 0 heterocycles. The van der Waals surface area contributed by atoms with E-state index in [1.54, 1.807) is 0 Å². The maximum absolute atomic E-state index is 13.4. The Balaban J connectivity index is 2.97. The number of nitrogens with zero attached hydrogens (tertiary/aromatic N) is 1. The lowest BCUT2D eigenvalue weighted by atomic mass is 9.96. The Hall–Kier alpha value is -2.10. The van der Waals surface area contributed by atoms with Crippen molar-refractivity contribution >= 4 is 5.91 Å². The highest BCUT2D eigenvalue weighted by atomic mass is 19.4. The third-order valence-electron chi connectivity index (χ3n) is 2.53. The number of benzene rings is 1. The number of nitriles is 1. The van der Waals surface area contributed by atoms with Gasteiger partial charge in [0.15, 0.2) is 0 Å². The second-order valence-electron chi connectivity index (χ2n) is 4.87. The minimum Gasteiger partial charge on any atom is -0.350 e. The van der Waals surface area contributed by atoms with Gasteiger partial charge in [-0.2, -0.15) is 18.4 Å². The molecular formula is C13H12F4N2O. The molecule has 0 fully saturated rings. The lowest BCUT2D eigenvalue weighted by molar-refractivity contribution is -0.137. The first-order chi connectivity index (χ1) is 9.07. The number of hydrogen-bond acceptors (Lipinski definition) is 2. The Bertz CT molecular complexity index is 558. The topological polar surface area (TPSA) is 52.9 Å². The van der Waals surface area contributed by atoms with Gasteiger partial charge in [-0.1, -0.05) is 0 Å². The van der Waals surface area contributed by atoms with Crippen LogP contribution in [0.2, 0.25) is 0 Å². The summed E-state index contributed by atoms with van der Waals surface area (Å²) < 4.78 is 50.9. The maximum Gasteiger partial charge on any atom is 0.416 e. The van der Waals surface area contributed by atoms with Gasteiger partial charge in [-0.05, 0) is 32.0 Å². The SMILES string of the molecule is CC(C)(C#N)CNC(=O)c1cc(C(F)(F)F)ccc1F. The number of rotatable bonds is 3. The number of alkyl halides is 3. The molecule has 0 atom stereocenters. The van der Waals surface area contributed by atoms with Gasteiger partial charge in [0.2, 0.25) is 0 Å². The maximum atomic E-state index is 13.4. The van der Waals surface area contributed by atoms with Crippen molar-refractivity contribution in [3.8, 4) is 6.07 Å². The number of halogens is 4. The van der Waals surface area contributed by atoms with E-state index in [9.17, 15) is 22.4 Å². The molecule has 7 heteroatoms. The van der Waals surface area contributed by atoms with Crippen molar-refractivity contribution in [3.05, 3.63) is 35.1 Å². The highest BCUT2D eigenvalue weighted by molar-refractivity contribution is 5.94. The van der Waals surface area contributed by atoms with E-state index >= 15 is 0 Å². The number of carbonyl (C=O) groups excluding carboxylic acids is 1. The van der Waals surface area contributed by atoms with Crippen molar-refractivity contribution < 1.29 is 22.4 Å². The van der Waals surface area contributed by atoms with Crippen molar-refractivity contribution in [3.63, 3.8) is 0 Å². The molecule has 0 unspecified atom stereocenters.